The molecular formula is C16H9N3O3S. The van der Waals surface area contributed by atoms with Crippen LogP contribution in [0.2, 0.25) is 0 Å². The quantitative estimate of drug-likeness (QED) is 0.613. The molecule has 0 atom stereocenters. The second kappa shape index (κ2) is 5.29. The highest BCUT2D eigenvalue weighted by atomic mass is 32.1. The summed E-state index contributed by atoms with van der Waals surface area (Å²) in [7, 11) is 0. The fourth-order valence-electron chi connectivity index (χ4n) is 2.27. The summed E-state index contributed by atoms with van der Waals surface area (Å²) in [6.07, 6.45) is 0. The summed E-state index contributed by atoms with van der Waals surface area (Å²) in [5, 5.41) is 3.14. The highest BCUT2D eigenvalue weighted by Crippen LogP contribution is 2.18. The van der Waals surface area contributed by atoms with E-state index < -0.39 is 5.91 Å². The number of fused-ring (bicyclic) bond motifs is 2. The number of para-hydroxylation sites is 1. The summed E-state index contributed by atoms with van der Waals surface area (Å²) in [4.78, 5) is 24.3. The summed E-state index contributed by atoms with van der Waals surface area (Å²) in [6, 6.07) is 13.2. The Kier molecular flexibility index (Phi) is 3.13. The third kappa shape index (κ3) is 2.47. The predicted octanol–water partition coefficient (Wildman–Crippen LogP) is 3.05. The standard InChI is InChI=1S/C16H9N3O3S/c20-13-8-15(22-14-4-2-1-3-10(13)14)16(21)17-9-5-6-11-12(7-9)19-23-18-11/h1-8H,(H,17,21). The second-order valence-corrected chi connectivity index (χ2v) is 5.42. The highest BCUT2D eigenvalue weighted by Gasteiger charge is 2.13. The van der Waals surface area contributed by atoms with Crippen LogP contribution < -0.4 is 10.7 Å². The largest absolute Gasteiger partial charge is 0.451 e. The van der Waals surface area contributed by atoms with Crippen molar-refractivity contribution in [3.63, 3.8) is 0 Å². The molecule has 4 aromatic rings. The van der Waals surface area contributed by atoms with Crippen LogP contribution in [0.1, 0.15) is 10.6 Å². The van der Waals surface area contributed by atoms with Gasteiger partial charge in [0, 0.05) is 11.8 Å². The monoisotopic (exact) mass is 323 g/mol. The molecule has 2 heterocycles. The molecule has 0 aliphatic heterocycles. The molecule has 0 spiro atoms. The van der Waals surface area contributed by atoms with Crippen LogP contribution in [-0.2, 0) is 0 Å². The van der Waals surface area contributed by atoms with Gasteiger partial charge in [-0.2, -0.15) is 8.75 Å². The van der Waals surface area contributed by atoms with E-state index >= 15 is 0 Å². The molecule has 4 rings (SSSR count). The Bertz CT molecular complexity index is 1100. The summed E-state index contributed by atoms with van der Waals surface area (Å²) >= 11 is 1.11. The highest BCUT2D eigenvalue weighted by molar-refractivity contribution is 7.00. The number of aromatic nitrogens is 2. The first-order valence-corrected chi connectivity index (χ1v) is 7.50. The normalized spacial score (nSPS) is 11.0. The van der Waals surface area contributed by atoms with Gasteiger partial charge >= 0.3 is 0 Å². The van der Waals surface area contributed by atoms with Gasteiger partial charge < -0.3 is 9.73 Å². The maximum absolute atomic E-state index is 12.3. The van der Waals surface area contributed by atoms with E-state index in [-0.39, 0.29) is 11.2 Å². The lowest BCUT2D eigenvalue weighted by atomic mass is 10.2. The van der Waals surface area contributed by atoms with Crippen LogP contribution >= 0.6 is 11.7 Å². The van der Waals surface area contributed by atoms with Gasteiger partial charge in [0.1, 0.15) is 16.6 Å². The SMILES string of the molecule is O=C(Nc1ccc2nsnc2c1)c1cc(=O)c2ccccc2o1. The van der Waals surface area contributed by atoms with Crippen LogP contribution in [0, 0.1) is 0 Å². The molecule has 0 saturated heterocycles. The number of nitrogens with zero attached hydrogens (tertiary/aromatic N) is 2. The molecule has 1 N–H and O–H groups in total. The van der Waals surface area contributed by atoms with Crippen molar-refractivity contribution in [2.75, 3.05) is 5.32 Å². The van der Waals surface area contributed by atoms with Crippen LogP contribution in [0.4, 0.5) is 5.69 Å². The molecular weight excluding hydrogens is 314 g/mol. The van der Waals surface area contributed by atoms with Gasteiger partial charge in [0.25, 0.3) is 5.91 Å². The maximum atomic E-state index is 12.3. The third-order valence-electron chi connectivity index (χ3n) is 3.37. The van der Waals surface area contributed by atoms with E-state index in [1.54, 1.807) is 42.5 Å². The Labute approximate surface area is 133 Å². The lowest BCUT2D eigenvalue weighted by Crippen LogP contribution is -2.14. The Hall–Kier alpha value is -3.06. The molecule has 0 radical (unpaired) electrons. The zero-order valence-corrected chi connectivity index (χ0v) is 12.5. The lowest BCUT2D eigenvalue weighted by molar-refractivity contribution is 0.0997. The van der Waals surface area contributed by atoms with Crippen molar-refractivity contribution in [2.45, 2.75) is 0 Å². The molecule has 0 saturated carbocycles. The number of rotatable bonds is 2. The van der Waals surface area contributed by atoms with Crippen molar-refractivity contribution in [1.82, 2.24) is 8.75 Å². The van der Waals surface area contributed by atoms with E-state index in [1.807, 2.05) is 0 Å². The number of benzene rings is 2. The average molecular weight is 323 g/mol. The summed E-state index contributed by atoms with van der Waals surface area (Å²) < 4.78 is 13.7. The zero-order chi connectivity index (χ0) is 15.8. The summed E-state index contributed by atoms with van der Waals surface area (Å²) in [5.41, 5.74) is 2.16. The minimum atomic E-state index is -0.490. The molecule has 2 aromatic carbocycles. The number of nitrogens with one attached hydrogen (secondary N) is 1. The van der Waals surface area contributed by atoms with Gasteiger partial charge in [0.05, 0.1) is 17.1 Å². The van der Waals surface area contributed by atoms with E-state index in [2.05, 4.69) is 14.1 Å². The van der Waals surface area contributed by atoms with Crippen molar-refractivity contribution in [3.05, 3.63) is 64.5 Å². The Morgan fingerprint density at radius 3 is 2.78 bits per heavy atom. The van der Waals surface area contributed by atoms with Crippen molar-refractivity contribution < 1.29 is 9.21 Å². The van der Waals surface area contributed by atoms with Crippen LogP contribution in [0.25, 0.3) is 22.0 Å². The molecule has 112 valence electrons. The first kappa shape index (κ1) is 13.6. The number of carbonyl (C=O) groups is 1. The zero-order valence-electron chi connectivity index (χ0n) is 11.6. The van der Waals surface area contributed by atoms with Crippen molar-refractivity contribution in [3.8, 4) is 0 Å². The average Bonchev–Trinajstić information content (AvgIpc) is 3.02. The smallest absolute Gasteiger partial charge is 0.291 e. The number of carbonyl (C=O) groups excluding carboxylic acids is 1. The minimum absolute atomic E-state index is 0.0369. The molecule has 6 nitrogen and oxygen atoms in total. The van der Waals surface area contributed by atoms with E-state index in [9.17, 15) is 9.59 Å². The molecule has 2 aromatic heterocycles. The first-order valence-electron chi connectivity index (χ1n) is 6.77. The molecule has 0 aliphatic rings. The van der Waals surface area contributed by atoms with Crippen LogP contribution in [-0.4, -0.2) is 14.7 Å². The molecule has 23 heavy (non-hydrogen) atoms. The van der Waals surface area contributed by atoms with Gasteiger partial charge in [-0.3, -0.25) is 9.59 Å². The molecule has 1 amide bonds. The fraction of sp³-hybridized carbons (Fsp3) is 0. The maximum Gasteiger partial charge on any atom is 0.291 e. The van der Waals surface area contributed by atoms with E-state index in [4.69, 9.17) is 4.42 Å². The van der Waals surface area contributed by atoms with Crippen LogP contribution in [0.5, 0.6) is 0 Å². The van der Waals surface area contributed by atoms with E-state index in [1.165, 1.54) is 6.07 Å². The minimum Gasteiger partial charge on any atom is -0.451 e. The number of anilines is 1. The Morgan fingerprint density at radius 2 is 1.87 bits per heavy atom. The van der Waals surface area contributed by atoms with Gasteiger partial charge in [0.15, 0.2) is 11.2 Å². The second-order valence-electron chi connectivity index (χ2n) is 4.89. The third-order valence-corrected chi connectivity index (χ3v) is 3.93. The van der Waals surface area contributed by atoms with E-state index in [0.717, 1.165) is 17.2 Å². The molecule has 0 fully saturated rings. The number of amides is 1. The molecule has 0 unspecified atom stereocenters. The summed E-state index contributed by atoms with van der Waals surface area (Å²) in [5.74, 6) is -0.527. The van der Waals surface area contributed by atoms with Crippen molar-refractivity contribution in [2.24, 2.45) is 0 Å². The topological polar surface area (TPSA) is 85.1 Å². The van der Waals surface area contributed by atoms with Crippen LogP contribution in [0.3, 0.4) is 0 Å². The van der Waals surface area contributed by atoms with Gasteiger partial charge in [-0.25, -0.2) is 0 Å². The van der Waals surface area contributed by atoms with Crippen molar-refractivity contribution in [1.29, 1.82) is 0 Å². The van der Waals surface area contributed by atoms with E-state index in [0.29, 0.717) is 22.2 Å². The van der Waals surface area contributed by atoms with Crippen molar-refractivity contribution >= 4 is 45.3 Å². The molecule has 0 bridgehead atoms. The van der Waals surface area contributed by atoms with Gasteiger partial charge in [0.2, 0.25) is 0 Å². The summed E-state index contributed by atoms with van der Waals surface area (Å²) in [6.45, 7) is 0. The van der Waals surface area contributed by atoms with Gasteiger partial charge in [-0.05, 0) is 30.3 Å². The van der Waals surface area contributed by atoms with Crippen LogP contribution in [0.15, 0.2) is 57.7 Å². The van der Waals surface area contributed by atoms with Gasteiger partial charge in [-0.15, -0.1) is 0 Å². The first-order chi connectivity index (χ1) is 11.2. The number of hydrogen-bond acceptors (Lipinski definition) is 6. The molecule has 0 aliphatic carbocycles. The predicted molar refractivity (Wildman–Crippen MR) is 87.9 cm³/mol. The number of hydrogen-bond donors (Lipinski definition) is 1. The van der Waals surface area contributed by atoms with Gasteiger partial charge in [-0.1, -0.05) is 12.1 Å². The Morgan fingerprint density at radius 1 is 1.04 bits per heavy atom. The fourth-order valence-corrected chi connectivity index (χ4v) is 2.79. The molecule has 7 heteroatoms. The lowest BCUT2D eigenvalue weighted by Gasteiger charge is -2.05. The Balaban J connectivity index is 1.69.